The molecule has 7 nitrogen and oxygen atoms in total. The highest BCUT2D eigenvalue weighted by molar-refractivity contribution is 5.80. The highest BCUT2D eigenvalue weighted by Gasteiger charge is 2.34. The molecule has 0 saturated carbocycles. The van der Waals surface area contributed by atoms with Crippen molar-refractivity contribution in [3.63, 3.8) is 0 Å². The first-order valence-corrected chi connectivity index (χ1v) is 7.72. The molecule has 0 unspecified atom stereocenters. The molecular formula is C14H23N5O2. The Kier molecular flexibility index (Phi) is 4.21. The maximum Gasteiger partial charge on any atom is 0.237 e. The minimum Gasteiger partial charge on any atom is -0.375 e. The fourth-order valence-corrected chi connectivity index (χ4v) is 3.32. The van der Waals surface area contributed by atoms with Crippen LogP contribution >= 0.6 is 0 Å². The molecule has 2 aliphatic rings. The quantitative estimate of drug-likeness (QED) is 0.853. The summed E-state index contributed by atoms with van der Waals surface area (Å²) < 4.78 is 7.76. The molecule has 3 heterocycles. The second kappa shape index (κ2) is 6.11. The number of aryl methyl sites for hydroxylation is 1. The Hall–Kier alpha value is -1.47. The molecule has 7 heteroatoms. The van der Waals surface area contributed by atoms with Gasteiger partial charge in [-0.25, -0.2) is 0 Å². The molecule has 0 aromatic carbocycles. The van der Waals surface area contributed by atoms with Crippen LogP contribution in [0.2, 0.25) is 0 Å². The van der Waals surface area contributed by atoms with E-state index in [-0.39, 0.29) is 12.0 Å². The first-order chi connectivity index (χ1) is 10.2. The summed E-state index contributed by atoms with van der Waals surface area (Å²) in [5.41, 5.74) is 5.54. The van der Waals surface area contributed by atoms with Crippen LogP contribution in [0.15, 0.2) is 0 Å². The Bertz CT molecular complexity index is 515. The first-order valence-electron chi connectivity index (χ1n) is 7.72. The third kappa shape index (κ3) is 2.94. The van der Waals surface area contributed by atoms with Gasteiger partial charge in [0.1, 0.15) is 17.7 Å². The fraction of sp³-hybridized carbons (Fsp3) is 0.786. The summed E-state index contributed by atoms with van der Waals surface area (Å²) >= 11 is 0. The average molecular weight is 293 g/mol. The lowest BCUT2D eigenvalue weighted by Crippen LogP contribution is -2.56. The standard InChI is InChI=1S/C14H23N5O2/c1-10-13(14(15)20)18(7-8-21-10)9-12-17-16-11-5-3-2-4-6-19(11)12/h10,13H,2-9H2,1H3,(H2,15,20)/t10-,13+/m1/s1. The van der Waals surface area contributed by atoms with Gasteiger partial charge in [0.2, 0.25) is 5.91 Å². The van der Waals surface area contributed by atoms with Crippen LogP contribution in [0.1, 0.15) is 37.8 Å². The number of morpholine rings is 1. The Morgan fingerprint density at radius 1 is 1.33 bits per heavy atom. The van der Waals surface area contributed by atoms with Crippen molar-refractivity contribution in [2.24, 2.45) is 5.73 Å². The minimum atomic E-state index is -0.391. The van der Waals surface area contributed by atoms with E-state index in [1.807, 2.05) is 6.92 Å². The van der Waals surface area contributed by atoms with Gasteiger partial charge >= 0.3 is 0 Å². The molecule has 0 bridgehead atoms. The molecule has 116 valence electrons. The normalized spacial score (nSPS) is 27.1. The van der Waals surface area contributed by atoms with Gasteiger partial charge in [0.05, 0.1) is 19.3 Å². The zero-order valence-corrected chi connectivity index (χ0v) is 12.5. The number of hydrogen-bond donors (Lipinski definition) is 1. The lowest BCUT2D eigenvalue weighted by molar-refractivity contribution is -0.136. The van der Waals surface area contributed by atoms with Gasteiger partial charge in [-0.15, -0.1) is 10.2 Å². The van der Waals surface area contributed by atoms with Gasteiger partial charge in [0.25, 0.3) is 0 Å². The summed E-state index contributed by atoms with van der Waals surface area (Å²) in [6, 6.07) is -0.391. The van der Waals surface area contributed by atoms with E-state index in [9.17, 15) is 4.79 Å². The van der Waals surface area contributed by atoms with Crippen LogP contribution in [-0.4, -0.2) is 50.9 Å². The van der Waals surface area contributed by atoms with E-state index in [1.165, 1.54) is 12.8 Å². The number of hydrogen-bond acceptors (Lipinski definition) is 5. The van der Waals surface area contributed by atoms with Crippen LogP contribution < -0.4 is 5.73 Å². The van der Waals surface area contributed by atoms with Crippen molar-refractivity contribution in [3.05, 3.63) is 11.6 Å². The molecule has 1 amide bonds. The van der Waals surface area contributed by atoms with Gasteiger partial charge in [-0.3, -0.25) is 9.69 Å². The molecule has 3 rings (SSSR count). The molecule has 2 atom stereocenters. The second-order valence-electron chi connectivity index (χ2n) is 5.89. The summed E-state index contributed by atoms with van der Waals surface area (Å²) in [5, 5.41) is 8.64. The highest BCUT2D eigenvalue weighted by Crippen LogP contribution is 2.19. The van der Waals surface area contributed by atoms with Crippen LogP contribution in [0.3, 0.4) is 0 Å². The number of carbonyl (C=O) groups excluding carboxylic acids is 1. The smallest absolute Gasteiger partial charge is 0.237 e. The number of aromatic nitrogens is 3. The van der Waals surface area contributed by atoms with Gasteiger partial charge in [0.15, 0.2) is 0 Å². The predicted molar refractivity (Wildman–Crippen MR) is 76.4 cm³/mol. The van der Waals surface area contributed by atoms with E-state index in [0.717, 1.165) is 31.0 Å². The van der Waals surface area contributed by atoms with Gasteiger partial charge in [-0.05, 0) is 19.8 Å². The molecule has 0 aliphatic carbocycles. The number of primary amides is 1. The molecular weight excluding hydrogens is 270 g/mol. The number of nitrogens with two attached hydrogens (primary N) is 1. The topological polar surface area (TPSA) is 86.3 Å². The summed E-state index contributed by atoms with van der Waals surface area (Å²) in [4.78, 5) is 13.8. The Morgan fingerprint density at radius 3 is 3.00 bits per heavy atom. The van der Waals surface area contributed by atoms with Gasteiger partial charge in [-0.1, -0.05) is 6.42 Å². The van der Waals surface area contributed by atoms with Crippen molar-refractivity contribution in [1.82, 2.24) is 19.7 Å². The predicted octanol–water partition coefficient (Wildman–Crippen LogP) is 0.0791. The van der Waals surface area contributed by atoms with E-state index in [1.54, 1.807) is 0 Å². The maximum absolute atomic E-state index is 11.7. The van der Waals surface area contributed by atoms with Crippen molar-refractivity contribution in [3.8, 4) is 0 Å². The lowest BCUT2D eigenvalue weighted by atomic mass is 10.1. The van der Waals surface area contributed by atoms with Crippen LogP contribution in [-0.2, 0) is 29.0 Å². The molecule has 0 spiro atoms. The van der Waals surface area contributed by atoms with E-state index < -0.39 is 6.04 Å². The molecule has 2 N–H and O–H groups in total. The monoisotopic (exact) mass is 293 g/mol. The van der Waals surface area contributed by atoms with Gasteiger partial charge in [0, 0.05) is 19.5 Å². The van der Waals surface area contributed by atoms with Crippen molar-refractivity contribution < 1.29 is 9.53 Å². The molecule has 1 aromatic rings. The van der Waals surface area contributed by atoms with E-state index in [2.05, 4.69) is 19.7 Å². The molecule has 1 saturated heterocycles. The van der Waals surface area contributed by atoms with Crippen LogP contribution in [0.25, 0.3) is 0 Å². The summed E-state index contributed by atoms with van der Waals surface area (Å²) in [5.74, 6) is 1.67. The van der Waals surface area contributed by atoms with Crippen molar-refractivity contribution in [2.75, 3.05) is 13.2 Å². The largest absolute Gasteiger partial charge is 0.375 e. The van der Waals surface area contributed by atoms with E-state index in [0.29, 0.717) is 19.7 Å². The zero-order valence-electron chi connectivity index (χ0n) is 12.5. The summed E-state index contributed by atoms with van der Waals surface area (Å²) in [6.45, 7) is 4.78. The van der Waals surface area contributed by atoms with Crippen molar-refractivity contribution in [2.45, 2.75) is 57.8 Å². The van der Waals surface area contributed by atoms with Gasteiger partial charge < -0.3 is 15.0 Å². The van der Waals surface area contributed by atoms with Crippen molar-refractivity contribution in [1.29, 1.82) is 0 Å². The molecule has 1 aromatic heterocycles. The summed E-state index contributed by atoms with van der Waals surface area (Å²) in [6.07, 6.45) is 4.39. The number of nitrogens with zero attached hydrogens (tertiary/aromatic N) is 4. The van der Waals surface area contributed by atoms with Crippen LogP contribution in [0.5, 0.6) is 0 Å². The highest BCUT2D eigenvalue weighted by atomic mass is 16.5. The molecule has 2 aliphatic heterocycles. The van der Waals surface area contributed by atoms with Gasteiger partial charge in [-0.2, -0.15) is 0 Å². The third-order valence-corrected chi connectivity index (χ3v) is 4.42. The maximum atomic E-state index is 11.7. The van der Waals surface area contributed by atoms with Crippen LogP contribution in [0, 0.1) is 0 Å². The van der Waals surface area contributed by atoms with E-state index >= 15 is 0 Å². The molecule has 21 heavy (non-hydrogen) atoms. The molecule has 0 radical (unpaired) electrons. The second-order valence-corrected chi connectivity index (χ2v) is 5.89. The number of amides is 1. The number of rotatable bonds is 3. The van der Waals surface area contributed by atoms with Crippen LogP contribution in [0.4, 0.5) is 0 Å². The number of fused-ring (bicyclic) bond motifs is 1. The van der Waals surface area contributed by atoms with Crippen molar-refractivity contribution >= 4 is 5.91 Å². The lowest BCUT2D eigenvalue weighted by Gasteiger charge is -2.37. The summed E-state index contributed by atoms with van der Waals surface area (Å²) in [7, 11) is 0. The fourth-order valence-electron chi connectivity index (χ4n) is 3.32. The third-order valence-electron chi connectivity index (χ3n) is 4.42. The Balaban J connectivity index is 1.79. The number of carbonyl (C=O) groups is 1. The van der Waals surface area contributed by atoms with E-state index in [4.69, 9.17) is 10.5 Å². The minimum absolute atomic E-state index is 0.178. The SMILES string of the molecule is C[C@H]1OCCN(Cc2nnc3n2CCCCC3)[C@@H]1C(N)=O. The number of ether oxygens (including phenoxy) is 1. The Morgan fingerprint density at radius 2 is 2.19 bits per heavy atom. The average Bonchev–Trinajstić information content (AvgIpc) is 2.68. The Labute approximate surface area is 124 Å². The first kappa shape index (κ1) is 14.5. The molecule has 1 fully saturated rings. The zero-order chi connectivity index (χ0) is 14.8.